The van der Waals surface area contributed by atoms with Crippen molar-refractivity contribution in [1.29, 1.82) is 0 Å². The number of ether oxygens (including phenoxy) is 2. The molecule has 0 radical (unpaired) electrons. The number of nitrogens with zero attached hydrogens (tertiary/aromatic N) is 3. The van der Waals surface area contributed by atoms with Gasteiger partial charge in [0.05, 0.1) is 18.4 Å². The molecule has 0 fully saturated rings. The first kappa shape index (κ1) is 28.9. The van der Waals surface area contributed by atoms with Gasteiger partial charge in [-0.05, 0) is 62.3 Å². The zero-order valence-corrected chi connectivity index (χ0v) is 24.5. The summed E-state index contributed by atoms with van der Waals surface area (Å²) in [6.45, 7) is 8.39. The molecule has 0 saturated heterocycles. The number of allylic oxidation sites excluding steroid dienone is 1. The quantitative estimate of drug-likeness (QED) is 0.162. The minimum atomic E-state index is -0.398. The summed E-state index contributed by atoms with van der Waals surface area (Å²) in [4.78, 5) is 26.9. The molecule has 0 saturated carbocycles. The Bertz CT molecular complexity index is 1300. The maximum absolute atomic E-state index is 13.0. The summed E-state index contributed by atoms with van der Waals surface area (Å²) in [6, 6.07) is 8.01. The second kappa shape index (κ2) is 13.8. The van der Waals surface area contributed by atoms with Crippen molar-refractivity contribution in [2.75, 3.05) is 18.2 Å². The zero-order chi connectivity index (χ0) is 27.8. The van der Waals surface area contributed by atoms with E-state index in [1.165, 1.54) is 47.1 Å². The molecule has 2 aromatic heterocycles. The standard InChI is InChI=1S/C29H36N4O4S2/c1-5-17-33-26(19(3)37-21-15-13-20(6-2)14-16-21)31-32-29(33)38-18-24(34)30-27-25(28(35)36-4)22-11-9-7-8-10-12-23(22)39-27/h5,13-16,19H,1,6-12,17-18H2,2-4H3,(H,30,34). The number of methoxy groups -OCH3 is 1. The van der Waals surface area contributed by atoms with E-state index in [4.69, 9.17) is 9.47 Å². The molecule has 1 aromatic carbocycles. The van der Waals surface area contributed by atoms with Gasteiger partial charge >= 0.3 is 5.97 Å². The Morgan fingerprint density at radius 2 is 1.92 bits per heavy atom. The molecule has 1 aliphatic carbocycles. The Balaban J connectivity index is 1.45. The average molecular weight is 569 g/mol. The van der Waals surface area contributed by atoms with Crippen LogP contribution in [0.1, 0.15) is 77.8 Å². The number of esters is 1. The molecular weight excluding hydrogens is 532 g/mol. The van der Waals surface area contributed by atoms with Crippen molar-refractivity contribution < 1.29 is 19.1 Å². The van der Waals surface area contributed by atoms with Crippen molar-refractivity contribution in [3.63, 3.8) is 0 Å². The second-order valence-electron chi connectivity index (χ2n) is 9.45. The van der Waals surface area contributed by atoms with E-state index in [1.54, 1.807) is 6.08 Å². The van der Waals surface area contributed by atoms with Gasteiger partial charge in [0.15, 0.2) is 17.1 Å². The van der Waals surface area contributed by atoms with Crippen molar-refractivity contribution >= 4 is 40.0 Å². The van der Waals surface area contributed by atoms with Gasteiger partial charge in [0.1, 0.15) is 10.8 Å². The number of fused-ring (bicyclic) bond motifs is 1. The van der Waals surface area contributed by atoms with Gasteiger partial charge in [-0.15, -0.1) is 28.1 Å². The fourth-order valence-corrected chi connectivity index (χ4v) is 6.74. The molecule has 1 unspecified atom stereocenters. The van der Waals surface area contributed by atoms with E-state index in [9.17, 15) is 9.59 Å². The van der Waals surface area contributed by atoms with Crippen LogP contribution >= 0.6 is 23.1 Å². The Hall–Kier alpha value is -3.11. The van der Waals surface area contributed by atoms with Gasteiger partial charge in [0, 0.05) is 11.4 Å². The van der Waals surface area contributed by atoms with Crippen molar-refractivity contribution in [1.82, 2.24) is 14.8 Å². The number of aromatic nitrogens is 3. The molecule has 10 heteroatoms. The van der Waals surface area contributed by atoms with Crippen LogP contribution in [-0.2, 0) is 35.3 Å². The lowest BCUT2D eigenvalue weighted by Gasteiger charge is -2.16. The van der Waals surface area contributed by atoms with E-state index in [0.29, 0.717) is 28.1 Å². The topological polar surface area (TPSA) is 95.3 Å². The molecule has 2 heterocycles. The number of amides is 1. The smallest absolute Gasteiger partial charge is 0.341 e. The van der Waals surface area contributed by atoms with Crippen molar-refractivity contribution in [2.45, 2.75) is 76.6 Å². The third-order valence-electron chi connectivity index (χ3n) is 6.71. The van der Waals surface area contributed by atoms with Crippen LogP contribution in [0.25, 0.3) is 0 Å². The molecule has 4 rings (SSSR count). The van der Waals surface area contributed by atoms with Gasteiger partial charge in [0.2, 0.25) is 5.91 Å². The van der Waals surface area contributed by atoms with Crippen LogP contribution < -0.4 is 10.1 Å². The number of hydrogen-bond donors (Lipinski definition) is 1. The summed E-state index contributed by atoms with van der Waals surface area (Å²) >= 11 is 2.78. The number of carbonyl (C=O) groups excluding carboxylic acids is 2. The highest BCUT2D eigenvalue weighted by atomic mass is 32.2. The Kier molecular flexibility index (Phi) is 10.2. The van der Waals surface area contributed by atoms with E-state index in [2.05, 4.69) is 41.1 Å². The number of carbonyl (C=O) groups is 2. The third kappa shape index (κ3) is 7.10. The summed E-state index contributed by atoms with van der Waals surface area (Å²) in [5.41, 5.74) is 2.78. The molecule has 1 amide bonds. The van der Waals surface area contributed by atoms with E-state index in [0.717, 1.165) is 49.8 Å². The van der Waals surface area contributed by atoms with Crippen LogP contribution in [0.5, 0.6) is 5.75 Å². The highest BCUT2D eigenvalue weighted by Crippen LogP contribution is 2.37. The molecule has 208 valence electrons. The van der Waals surface area contributed by atoms with Gasteiger partial charge in [-0.1, -0.05) is 49.7 Å². The summed E-state index contributed by atoms with van der Waals surface area (Å²) in [7, 11) is 1.38. The largest absolute Gasteiger partial charge is 0.483 e. The van der Waals surface area contributed by atoms with Crippen LogP contribution in [-0.4, -0.2) is 39.5 Å². The fraction of sp³-hybridized carbons (Fsp3) is 0.448. The predicted molar refractivity (Wildman–Crippen MR) is 156 cm³/mol. The molecule has 0 spiro atoms. The van der Waals surface area contributed by atoms with Gasteiger partial charge in [-0.2, -0.15) is 0 Å². The van der Waals surface area contributed by atoms with Crippen LogP contribution in [0.4, 0.5) is 5.00 Å². The molecule has 1 atom stereocenters. The first-order valence-corrected chi connectivity index (χ1v) is 15.2. The molecule has 0 bridgehead atoms. The number of rotatable bonds is 11. The van der Waals surface area contributed by atoms with E-state index >= 15 is 0 Å². The summed E-state index contributed by atoms with van der Waals surface area (Å²) in [6.07, 6.45) is 8.60. The van der Waals surface area contributed by atoms with Gasteiger partial charge in [0.25, 0.3) is 0 Å². The van der Waals surface area contributed by atoms with E-state index in [-0.39, 0.29) is 17.8 Å². The first-order chi connectivity index (χ1) is 18.9. The fourth-order valence-electron chi connectivity index (χ4n) is 4.69. The molecule has 39 heavy (non-hydrogen) atoms. The molecule has 0 aliphatic heterocycles. The summed E-state index contributed by atoms with van der Waals surface area (Å²) in [5, 5.41) is 12.8. The number of aryl methyl sites for hydroxylation is 2. The van der Waals surface area contributed by atoms with Crippen LogP contribution in [0, 0.1) is 0 Å². The maximum atomic E-state index is 13.0. The molecule has 1 N–H and O–H groups in total. The molecule has 1 aliphatic rings. The van der Waals surface area contributed by atoms with E-state index < -0.39 is 5.97 Å². The highest BCUT2D eigenvalue weighted by molar-refractivity contribution is 7.99. The average Bonchev–Trinajstić information content (AvgIpc) is 3.48. The lowest BCUT2D eigenvalue weighted by Crippen LogP contribution is -2.17. The van der Waals surface area contributed by atoms with E-state index in [1.807, 2.05) is 23.6 Å². The number of benzene rings is 1. The SMILES string of the molecule is C=CCn1c(SCC(=O)Nc2sc3c(c2C(=O)OC)CCCCCC3)nnc1C(C)Oc1ccc(CC)cc1. The lowest BCUT2D eigenvalue weighted by atomic mass is 9.96. The monoisotopic (exact) mass is 568 g/mol. The van der Waals surface area contributed by atoms with Crippen LogP contribution in [0.15, 0.2) is 42.1 Å². The predicted octanol–water partition coefficient (Wildman–Crippen LogP) is 6.40. The van der Waals surface area contributed by atoms with Crippen LogP contribution in [0.2, 0.25) is 0 Å². The minimum Gasteiger partial charge on any atom is -0.483 e. The number of anilines is 1. The molecular formula is C29H36N4O4S2. The van der Waals surface area contributed by atoms with Crippen molar-refractivity contribution in [3.05, 3.63) is 64.3 Å². The molecule has 3 aromatic rings. The third-order valence-corrected chi connectivity index (χ3v) is 8.89. The number of nitrogens with one attached hydrogen (secondary N) is 1. The first-order valence-electron chi connectivity index (χ1n) is 13.4. The number of hydrogen-bond acceptors (Lipinski definition) is 8. The zero-order valence-electron chi connectivity index (χ0n) is 22.8. The van der Waals surface area contributed by atoms with Crippen LogP contribution in [0.3, 0.4) is 0 Å². The Morgan fingerprint density at radius 1 is 1.18 bits per heavy atom. The Morgan fingerprint density at radius 3 is 2.62 bits per heavy atom. The minimum absolute atomic E-state index is 0.117. The lowest BCUT2D eigenvalue weighted by molar-refractivity contribution is -0.113. The van der Waals surface area contributed by atoms with Crippen molar-refractivity contribution in [3.8, 4) is 5.75 Å². The second-order valence-corrected chi connectivity index (χ2v) is 11.5. The number of thioether (sulfide) groups is 1. The summed E-state index contributed by atoms with van der Waals surface area (Å²) in [5.74, 6) is 0.919. The number of thiophene rings is 1. The molecule has 8 nitrogen and oxygen atoms in total. The highest BCUT2D eigenvalue weighted by Gasteiger charge is 2.26. The van der Waals surface area contributed by atoms with Gasteiger partial charge in [-0.3, -0.25) is 9.36 Å². The van der Waals surface area contributed by atoms with Crippen molar-refractivity contribution in [2.24, 2.45) is 0 Å². The van der Waals surface area contributed by atoms with Gasteiger partial charge < -0.3 is 14.8 Å². The Labute approximate surface area is 238 Å². The van der Waals surface area contributed by atoms with Gasteiger partial charge in [-0.25, -0.2) is 4.79 Å². The summed E-state index contributed by atoms with van der Waals surface area (Å²) < 4.78 is 13.1. The maximum Gasteiger partial charge on any atom is 0.341 e. The normalized spacial score (nSPS) is 14.0.